The van der Waals surface area contributed by atoms with Crippen molar-refractivity contribution >= 4 is 0 Å². The number of nitrogens with zero attached hydrogens (tertiary/aromatic N) is 1. The highest BCUT2D eigenvalue weighted by atomic mass is 19.1. The van der Waals surface area contributed by atoms with Crippen LogP contribution in [-0.4, -0.2) is 44.8 Å². The molecule has 0 radical (unpaired) electrons. The van der Waals surface area contributed by atoms with E-state index in [1.165, 1.54) is 24.5 Å². The lowest BCUT2D eigenvalue weighted by Crippen LogP contribution is -2.46. The van der Waals surface area contributed by atoms with E-state index in [4.69, 9.17) is 9.47 Å². The molecular weight excluding hydrogens is 369 g/mol. The van der Waals surface area contributed by atoms with Crippen molar-refractivity contribution in [3.63, 3.8) is 0 Å². The van der Waals surface area contributed by atoms with Gasteiger partial charge in [0.25, 0.3) is 0 Å². The van der Waals surface area contributed by atoms with Crippen LogP contribution in [0.5, 0.6) is 11.5 Å². The molecule has 2 aliphatic heterocycles. The average molecular weight is 400 g/mol. The maximum atomic E-state index is 13.7. The van der Waals surface area contributed by atoms with Gasteiger partial charge in [0.15, 0.2) is 11.5 Å². The van der Waals surface area contributed by atoms with Gasteiger partial charge in [-0.2, -0.15) is 0 Å². The molecule has 2 N–H and O–H groups in total. The second-order valence-electron chi connectivity index (χ2n) is 8.04. The Hall–Kier alpha value is -2.15. The van der Waals surface area contributed by atoms with Gasteiger partial charge in [-0.25, -0.2) is 4.39 Å². The number of hydrogen-bond donors (Lipinski definition) is 2. The predicted molar refractivity (Wildman–Crippen MR) is 112 cm³/mol. The van der Waals surface area contributed by atoms with Gasteiger partial charge in [-0.05, 0) is 60.7 Å². The minimum atomic E-state index is -0.160. The van der Waals surface area contributed by atoms with Crippen LogP contribution >= 0.6 is 0 Å². The molecule has 0 aromatic heterocycles. The topological polar surface area (TPSA) is 45.8 Å². The fourth-order valence-electron chi connectivity index (χ4n) is 4.79. The van der Waals surface area contributed by atoms with Crippen LogP contribution in [0, 0.1) is 11.7 Å². The zero-order chi connectivity index (χ0) is 20.2. The highest BCUT2D eigenvalue weighted by Crippen LogP contribution is 2.33. The van der Waals surface area contributed by atoms with E-state index >= 15 is 0 Å². The first-order valence-electron chi connectivity index (χ1n) is 10.3. The van der Waals surface area contributed by atoms with Crippen LogP contribution in [0.25, 0.3) is 0 Å². The molecule has 2 aromatic rings. The summed E-state index contributed by atoms with van der Waals surface area (Å²) in [6.07, 6.45) is 2.36. The summed E-state index contributed by atoms with van der Waals surface area (Å²) in [5.74, 6) is 2.18. The lowest BCUT2D eigenvalue weighted by molar-refractivity contribution is 0.139. The van der Waals surface area contributed by atoms with Crippen LogP contribution in [0.1, 0.15) is 29.9 Å². The van der Waals surface area contributed by atoms with E-state index < -0.39 is 0 Å². The summed E-state index contributed by atoms with van der Waals surface area (Å²) >= 11 is 0. The average Bonchev–Trinajstić information content (AvgIpc) is 3.24. The first-order chi connectivity index (χ1) is 14.2. The van der Waals surface area contributed by atoms with Crippen molar-refractivity contribution in [1.29, 1.82) is 0 Å². The number of piperidine rings is 1. The second-order valence-corrected chi connectivity index (χ2v) is 8.04. The lowest BCUT2D eigenvalue weighted by atomic mass is 9.81. The molecular formula is C23H30FN3O2. The van der Waals surface area contributed by atoms with E-state index in [1.54, 1.807) is 20.3 Å². The van der Waals surface area contributed by atoms with Gasteiger partial charge in [0.2, 0.25) is 0 Å². The number of hydrogen-bond acceptors (Lipinski definition) is 5. The molecule has 3 atom stereocenters. The Bertz CT molecular complexity index is 832. The first kappa shape index (κ1) is 20.1. The van der Waals surface area contributed by atoms with E-state index in [-0.39, 0.29) is 11.7 Å². The normalized spacial score (nSPS) is 25.1. The van der Waals surface area contributed by atoms with Crippen LogP contribution < -0.4 is 20.3 Å². The maximum absolute atomic E-state index is 13.7. The Morgan fingerprint density at radius 3 is 2.76 bits per heavy atom. The largest absolute Gasteiger partial charge is 0.493 e. The molecule has 0 spiro atoms. The van der Waals surface area contributed by atoms with Gasteiger partial charge in [-0.15, -0.1) is 0 Å². The van der Waals surface area contributed by atoms with Gasteiger partial charge in [0, 0.05) is 31.6 Å². The molecule has 4 rings (SSSR count). The molecule has 0 amide bonds. The van der Waals surface area contributed by atoms with E-state index in [2.05, 4.69) is 27.9 Å². The molecule has 2 heterocycles. The number of ether oxygens (including phenoxy) is 2. The molecule has 3 unspecified atom stereocenters. The van der Waals surface area contributed by atoms with Crippen molar-refractivity contribution in [1.82, 2.24) is 15.8 Å². The molecule has 29 heavy (non-hydrogen) atoms. The second kappa shape index (κ2) is 9.11. The summed E-state index contributed by atoms with van der Waals surface area (Å²) in [4.78, 5) is 2.51. The van der Waals surface area contributed by atoms with Crippen molar-refractivity contribution in [3.8, 4) is 11.5 Å². The summed E-state index contributed by atoms with van der Waals surface area (Å²) in [7, 11) is 3.33. The predicted octanol–water partition coefficient (Wildman–Crippen LogP) is 3.32. The van der Waals surface area contributed by atoms with Crippen LogP contribution in [-0.2, 0) is 6.54 Å². The van der Waals surface area contributed by atoms with Crippen LogP contribution in [0.2, 0.25) is 0 Å². The molecule has 2 fully saturated rings. The number of benzene rings is 2. The Morgan fingerprint density at radius 2 is 1.97 bits per heavy atom. The van der Waals surface area contributed by atoms with Crippen molar-refractivity contribution in [2.45, 2.75) is 31.3 Å². The summed E-state index contributed by atoms with van der Waals surface area (Å²) in [6.45, 7) is 3.84. The third kappa shape index (κ3) is 4.55. The number of halogens is 1. The van der Waals surface area contributed by atoms with Gasteiger partial charge >= 0.3 is 0 Å². The van der Waals surface area contributed by atoms with Gasteiger partial charge in [0.1, 0.15) is 5.82 Å². The van der Waals surface area contributed by atoms with Crippen molar-refractivity contribution in [2.24, 2.45) is 5.92 Å². The Labute approximate surface area is 172 Å². The highest BCUT2D eigenvalue weighted by Gasteiger charge is 2.36. The molecule has 0 saturated carbocycles. The molecule has 156 valence electrons. The summed E-state index contributed by atoms with van der Waals surface area (Å²) in [5, 5.41) is 0. The number of likely N-dealkylation sites (tertiary alicyclic amines) is 1. The van der Waals surface area contributed by atoms with Gasteiger partial charge in [0.05, 0.1) is 14.2 Å². The molecule has 2 saturated heterocycles. The fourth-order valence-corrected chi connectivity index (χ4v) is 4.79. The van der Waals surface area contributed by atoms with Gasteiger partial charge < -0.3 is 9.47 Å². The lowest BCUT2D eigenvalue weighted by Gasteiger charge is -2.37. The smallest absolute Gasteiger partial charge is 0.161 e. The van der Waals surface area contributed by atoms with E-state index in [0.29, 0.717) is 12.0 Å². The molecule has 5 nitrogen and oxygen atoms in total. The Balaban J connectivity index is 1.44. The van der Waals surface area contributed by atoms with E-state index in [0.717, 1.165) is 43.2 Å². The minimum absolute atomic E-state index is 0.160. The van der Waals surface area contributed by atoms with E-state index in [9.17, 15) is 4.39 Å². The van der Waals surface area contributed by atoms with Crippen molar-refractivity contribution in [3.05, 3.63) is 59.4 Å². The third-order valence-electron chi connectivity index (χ3n) is 6.20. The number of rotatable bonds is 6. The van der Waals surface area contributed by atoms with Gasteiger partial charge in [-0.3, -0.25) is 15.8 Å². The summed E-state index contributed by atoms with van der Waals surface area (Å²) in [5.41, 5.74) is 9.08. The van der Waals surface area contributed by atoms with Crippen LogP contribution in [0.15, 0.2) is 42.5 Å². The monoisotopic (exact) mass is 399 g/mol. The molecule has 2 aromatic carbocycles. The summed E-state index contributed by atoms with van der Waals surface area (Å²) in [6, 6.07) is 13.5. The zero-order valence-corrected chi connectivity index (χ0v) is 17.2. The first-order valence-corrected chi connectivity index (χ1v) is 10.3. The number of hydrazine groups is 1. The third-order valence-corrected chi connectivity index (χ3v) is 6.20. The number of methoxy groups -OCH3 is 2. The Kier molecular flexibility index (Phi) is 6.33. The zero-order valence-electron chi connectivity index (χ0n) is 17.2. The quantitative estimate of drug-likeness (QED) is 0.780. The van der Waals surface area contributed by atoms with Crippen LogP contribution in [0.3, 0.4) is 0 Å². The fraction of sp³-hybridized carbons (Fsp3) is 0.478. The van der Waals surface area contributed by atoms with Crippen LogP contribution in [0.4, 0.5) is 4.39 Å². The van der Waals surface area contributed by atoms with E-state index in [1.807, 2.05) is 18.2 Å². The summed E-state index contributed by atoms with van der Waals surface area (Å²) < 4.78 is 24.5. The number of nitrogens with one attached hydrogen (secondary N) is 2. The standard InChI is InChI=1S/C23H30FN3O2/c1-28-21-9-8-16(11-22(21)29-2)14-27-10-4-6-18(15-27)23-20(13-25-26-23)17-5-3-7-19(24)12-17/h3,5,7-9,11-12,18,20,23,25-26H,4,6,10,13-15H2,1-2H3. The SMILES string of the molecule is COc1ccc(CN2CCCC(C3NNCC3c3cccc(F)c3)C2)cc1OC. The van der Waals surface area contributed by atoms with Gasteiger partial charge in [-0.1, -0.05) is 18.2 Å². The Morgan fingerprint density at radius 1 is 1.10 bits per heavy atom. The van der Waals surface area contributed by atoms with Crippen molar-refractivity contribution < 1.29 is 13.9 Å². The van der Waals surface area contributed by atoms with Crippen molar-refractivity contribution in [2.75, 3.05) is 33.9 Å². The molecule has 0 aliphatic carbocycles. The highest BCUT2D eigenvalue weighted by molar-refractivity contribution is 5.42. The molecule has 0 bridgehead atoms. The molecule has 6 heteroatoms. The minimum Gasteiger partial charge on any atom is -0.493 e. The maximum Gasteiger partial charge on any atom is 0.161 e. The molecule has 2 aliphatic rings.